The number of carbonyl (C=O) groups excluding carboxylic acids is 1. The highest BCUT2D eigenvalue weighted by Crippen LogP contribution is 2.14. The summed E-state index contributed by atoms with van der Waals surface area (Å²) in [5.41, 5.74) is 0. The van der Waals surface area contributed by atoms with Crippen LogP contribution in [0.15, 0.2) is 45.3 Å². The van der Waals surface area contributed by atoms with E-state index in [9.17, 15) is 4.79 Å². The largest absolute Gasteiger partial charge is 0.459 e. The maximum absolute atomic E-state index is 11.8. The van der Waals surface area contributed by atoms with Crippen molar-refractivity contribution in [2.24, 2.45) is 4.99 Å². The molecule has 2 aromatic rings. The molecule has 0 aliphatic heterocycles. The van der Waals surface area contributed by atoms with Gasteiger partial charge in [-0.2, -0.15) is 0 Å². The van der Waals surface area contributed by atoms with Crippen molar-refractivity contribution in [3.05, 3.63) is 41.7 Å². The Morgan fingerprint density at radius 2 is 2.33 bits per heavy atom. The summed E-state index contributed by atoms with van der Waals surface area (Å²) in [5, 5.41) is 8.58. The maximum Gasteiger partial charge on any atom is 0.293 e. The van der Waals surface area contributed by atoms with E-state index < -0.39 is 0 Å². The molecular formula is C12H13N3O2S. The second kappa shape index (κ2) is 6.02. The number of hydrogen-bond donors (Lipinski definition) is 2. The monoisotopic (exact) mass is 263 g/mol. The first kappa shape index (κ1) is 12.4. The number of nitrogens with one attached hydrogen (secondary N) is 2. The highest BCUT2D eigenvalue weighted by atomic mass is 32.1. The average molecular weight is 263 g/mol. The summed E-state index contributed by atoms with van der Waals surface area (Å²) in [7, 11) is 0. The van der Waals surface area contributed by atoms with Crippen LogP contribution in [0.3, 0.4) is 0 Å². The number of nitrogens with zero attached hydrogens (tertiary/aromatic N) is 1. The van der Waals surface area contributed by atoms with Crippen molar-refractivity contribution in [2.75, 3.05) is 11.9 Å². The minimum Gasteiger partial charge on any atom is -0.459 e. The van der Waals surface area contributed by atoms with Gasteiger partial charge in [0.2, 0.25) is 5.96 Å². The Balaban J connectivity index is 2.03. The molecule has 0 unspecified atom stereocenters. The van der Waals surface area contributed by atoms with Crippen LogP contribution in [0.25, 0.3) is 0 Å². The van der Waals surface area contributed by atoms with Gasteiger partial charge in [-0.05, 0) is 36.6 Å². The van der Waals surface area contributed by atoms with Crippen molar-refractivity contribution in [1.29, 1.82) is 0 Å². The van der Waals surface area contributed by atoms with Crippen LogP contribution in [0, 0.1) is 0 Å². The lowest BCUT2D eigenvalue weighted by molar-refractivity contribution is 0.0950. The molecule has 0 spiro atoms. The van der Waals surface area contributed by atoms with Crippen LogP contribution < -0.4 is 10.6 Å². The van der Waals surface area contributed by atoms with Crippen LogP contribution in [0.4, 0.5) is 5.00 Å². The highest BCUT2D eigenvalue weighted by molar-refractivity contribution is 7.14. The van der Waals surface area contributed by atoms with Crippen LogP contribution in [-0.2, 0) is 0 Å². The van der Waals surface area contributed by atoms with Crippen LogP contribution in [0.1, 0.15) is 17.5 Å². The molecule has 0 bridgehead atoms. The van der Waals surface area contributed by atoms with Crippen molar-refractivity contribution in [3.8, 4) is 0 Å². The molecule has 0 aromatic carbocycles. The van der Waals surface area contributed by atoms with Crippen molar-refractivity contribution < 1.29 is 9.21 Å². The molecule has 0 fully saturated rings. The number of guanidine groups is 1. The van der Waals surface area contributed by atoms with Crippen molar-refractivity contribution >= 4 is 28.2 Å². The summed E-state index contributed by atoms with van der Waals surface area (Å²) in [6.45, 7) is 2.47. The Kier molecular flexibility index (Phi) is 4.14. The van der Waals surface area contributed by atoms with E-state index in [1.165, 1.54) is 17.6 Å². The van der Waals surface area contributed by atoms with Crippen LogP contribution in [0.5, 0.6) is 0 Å². The molecule has 2 aromatic heterocycles. The maximum atomic E-state index is 11.8. The molecule has 5 nitrogen and oxygen atoms in total. The second-order valence-electron chi connectivity index (χ2n) is 3.36. The minimum absolute atomic E-state index is 0.256. The van der Waals surface area contributed by atoms with Crippen LogP contribution >= 0.6 is 11.3 Å². The number of aliphatic imine (C=N–C) groups is 1. The van der Waals surface area contributed by atoms with Gasteiger partial charge < -0.3 is 9.73 Å². The topological polar surface area (TPSA) is 66.6 Å². The fraction of sp³-hybridized carbons (Fsp3) is 0.167. The molecule has 0 saturated heterocycles. The van der Waals surface area contributed by atoms with Gasteiger partial charge in [0, 0.05) is 6.54 Å². The SMILES string of the molecule is CCN=C(NC(=O)c1ccco1)Nc1cccs1. The van der Waals surface area contributed by atoms with Gasteiger partial charge in [0.15, 0.2) is 5.76 Å². The lowest BCUT2D eigenvalue weighted by Gasteiger charge is -2.08. The Bertz CT molecular complexity index is 518. The van der Waals surface area contributed by atoms with Crippen molar-refractivity contribution in [1.82, 2.24) is 5.32 Å². The third-order valence-electron chi connectivity index (χ3n) is 2.06. The fourth-order valence-electron chi connectivity index (χ4n) is 1.31. The third kappa shape index (κ3) is 3.21. The number of thiophene rings is 1. The summed E-state index contributed by atoms with van der Waals surface area (Å²) in [6, 6.07) is 7.10. The Morgan fingerprint density at radius 1 is 1.44 bits per heavy atom. The van der Waals surface area contributed by atoms with E-state index in [4.69, 9.17) is 4.42 Å². The molecule has 6 heteroatoms. The smallest absolute Gasteiger partial charge is 0.293 e. The normalized spacial score (nSPS) is 11.3. The van der Waals surface area contributed by atoms with Gasteiger partial charge >= 0.3 is 0 Å². The summed E-state index contributed by atoms with van der Waals surface area (Å²) in [5.74, 6) is 0.351. The fourth-order valence-corrected chi connectivity index (χ4v) is 1.93. The van der Waals surface area contributed by atoms with E-state index in [2.05, 4.69) is 15.6 Å². The van der Waals surface area contributed by atoms with E-state index in [1.54, 1.807) is 12.1 Å². The standard InChI is InChI=1S/C12H13N3O2S/c1-2-13-12(14-10-6-4-8-18-10)15-11(16)9-5-3-7-17-9/h3-8H,2H2,1H3,(H2,13,14,15,16). The average Bonchev–Trinajstić information content (AvgIpc) is 3.01. The minimum atomic E-state index is -0.323. The Hall–Kier alpha value is -2.08. The van der Waals surface area contributed by atoms with E-state index in [0.717, 1.165) is 5.00 Å². The van der Waals surface area contributed by atoms with E-state index in [0.29, 0.717) is 12.5 Å². The first-order valence-corrected chi connectivity index (χ1v) is 6.37. The molecule has 0 aliphatic carbocycles. The third-order valence-corrected chi connectivity index (χ3v) is 2.84. The summed E-state index contributed by atoms with van der Waals surface area (Å²) in [4.78, 5) is 16.0. The summed E-state index contributed by atoms with van der Waals surface area (Å²) in [6.07, 6.45) is 1.46. The first-order valence-electron chi connectivity index (χ1n) is 5.49. The van der Waals surface area contributed by atoms with E-state index in [1.807, 2.05) is 24.4 Å². The van der Waals surface area contributed by atoms with Crippen molar-refractivity contribution in [2.45, 2.75) is 6.92 Å². The molecule has 94 valence electrons. The molecule has 2 rings (SSSR count). The molecule has 2 heterocycles. The Labute approximate surface area is 109 Å². The van der Waals surface area contributed by atoms with Crippen molar-refractivity contribution in [3.63, 3.8) is 0 Å². The Morgan fingerprint density at radius 3 is 2.94 bits per heavy atom. The molecule has 0 atom stereocenters. The van der Waals surface area contributed by atoms with Crippen LogP contribution in [0.2, 0.25) is 0 Å². The van der Waals surface area contributed by atoms with E-state index in [-0.39, 0.29) is 11.7 Å². The number of rotatable bonds is 3. The number of carbonyl (C=O) groups is 1. The predicted molar refractivity (Wildman–Crippen MR) is 72.1 cm³/mol. The number of amides is 1. The molecule has 1 amide bonds. The van der Waals surface area contributed by atoms with Crippen LogP contribution in [-0.4, -0.2) is 18.4 Å². The zero-order valence-electron chi connectivity index (χ0n) is 9.84. The van der Waals surface area contributed by atoms with Gasteiger partial charge in [0.05, 0.1) is 11.3 Å². The molecule has 0 saturated carbocycles. The zero-order chi connectivity index (χ0) is 12.8. The lowest BCUT2D eigenvalue weighted by atomic mass is 10.4. The molecule has 0 radical (unpaired) electrons. The molecule has 18 heavy (non-hydrogen) atoms. The molecule has 0 aliphatic rings. The predicted octanol–water partition coefficient (Wildman–Crippen LogP) is 2.56. The van der Waals surface area contributed by atoms with Gasteiger partial charge in [-0.3, -0.25) is 15.1 Å². The molecular weight excluding hydrogens is 250 g/mol. The van der Waals surface area contributed by atoms with Gasteiger partial charge in [-0.15, -0.1) is 11.3 Å². The van der Waals surface area contributed by atoms with Gasteiger partial charge in [-0.1, -0.05) is 0 Å². The van der Waals surface area contributed by atoms with Gasteiger partial charge in [-0.25, -0.2) is 0 Å². The summed E-state index contributed by atoms with van der Waals surface area (Å²) >= 11 is 1.53. The van der Waals surface area contributed by atoms with Gasteiger partial charge in [0.25, 0.3) is 5.91 Å². The number of anilines is 1. The van der Waals surface area contributed by atoms with Gasteiger partial charge in [0.1, 0.15) is 0 Å². The zero-order valence-corrected chi connectivity index (χ0v) is 10.7. The highest BCUT2D eigenvalue weighted by Gasteiger charge is 2.11. The quantitative estimate of drug-likeness (QED) is 0.660. The first-order chi connectivity index (χ1) is 8.79. The summed E-state index contributed by atoms with van der Waals surface area (Å²) < 4.78 is 5.02. The number of hydrogen-bond acceptors (Lipinski definition) is 4. The second-order valence-corrected chi connectivity index (χ2v) is 4.30. The number of furan rings is 1. The lowest BCUT2D eigenvalue weighted by Crippen LogP contribution is -2.35. The van der Waals surface area contributed by atoms with E-state index >= 15 is 0 Å². The molecule has 2 N–H and O–H groups in total.